The highest BCUT2D eigenvalue weighted by Gasteiger charge is 2.22. The Morgan fingerprint density at radius 2 is 1.69 bits per heavy atom. The lowest BCUT2D eigenvalue weighted by Gasteiger charge is -2.18. The Labute approximate surface area is 164 Å². The van der Waals surface area contributed by atoms with Gasteiger partial charge < -0.3 is 5.32 Å². The smallest absolute Gasteiger partial charge is 0.239 e. The van der Waals surface area contributed by atoms with Crippen LogP contribution in [0.1, 0.15) is 16.7 Å². The van der Waals surface area contributed by atoms with E-state index in [2.05, 4.69) is 5.32 Å². The second kappa shape index (κ2) is 8.39. The second-order valence-electron chi connectivity index (χ2n) is 6.08. The van der Waals surface area contributed by atoms with E-state index in [0.29, 0.717) is 16.3 Å². The van der Waals surface area contributed by atoms with E-state index in [1.165, 1.54) is 13.1 Å². The fourth-order valence-corrected chi connectivity index (χ4v) is 3.90. The number of anilines is 1. The molecule has 0 aliphatic carbocycles. The molecule has 0 fully saturated rings. The highest BCUT2D eigenvalue weighted by molar-refractivity contribution is 7.88. The normalized spacial score (nSPS) is 11.6. The van der Waals surface area contributed by atoms with Crippen LogP contribution in [0.15, 0.2) is 36.4 Å². The molecular formula is C18H20Cl2N2O3S. The fraction of sp³-hybridized carbons (Fsp3) is 0.278. The van der Waals surface area contributed by atoms with Gasteiger partial charge >= 0.3 is 0 Å². The zero-order valence-electron chi connectivity index (χ0n) is 14.7. The number of benzene rings is 2. The summed E-state index contributed by atoms with van der Waals surface area (Å²) in [6, 6.07) is 10.3. The van der Waals surface area contributed by atoms with E-state index >= 15 is 0 Å². The van der Waals surface area contributed by atoms with Crippen molar-refractivity contribution in [3.8, 4) is 0 Å². The van der Waals surface area contributed by atoms with Crippen LogP contribution in [0.5, 0.6) is 0 Å². The Morgan fingerprint density at radius 1 is 1.08 bits per heavy atom. The van der Waals surface area contributed by atoms with Gasteiger partial charge in [-0.1, -0.05) is 47.5 Å². The van der Waals surface area contributed by atoms with Crippen LogP contribution in [-0.2, 0) is 20.6 Å². The molecule has 0 heterocycles. The zero-order valence-corrected chi connectivity index (χ0v) is 17.0. The lowest BCUT2D eigenvalue weighted by molar-refractivity contribution is -0.116. The summed E-state index contributed by atoms with van der Waals surface area (Å²) < 4.78 is 26.0. The maximum absolute atomic E-state index is 12.5. The van der Waals surface area contributed by atoms with E-state index in [9.17, 15) is 13.2 Å². The first-order valence-corrected chi connectivity index (χ1v) is 10.2. The molecule has 2 aromatic rings. The lowest BCUT2D eigenvalue weighted by Crippen LogP contribution is -2.35. The molecule has 8 heteroatoms. The third kappa shape index (κ3) is 5.20. The molecule has 0 saturated heterocycles. The number of aryl methyl sites for hydroxylation is 2. The highest BCUT2D eigenvalue weighted by atomic mass is 35.5. The second-order valence-corrected chi connectivity index (χ2v) is 8.97. The number of nitrogens with one attached hydrogen (secondary N) is 1. The van der Waals surface area contributed by atoms with Crippen molar-refractivity contribution in [2.45, 2.75) is 19.6 Å². The van der Waals surface area contributed by atoms with Crippen LogP contribution in [0.25, 0.3) is 0 Å². The summed E-state index contributed by atoms with van der Waals surface area (Å²) in [6.07, 6.45) is 0. The monoisotopic (exact) mass is 414 g/mol. The number of carbonyl (C=O) groups excluding carboxylic acids is 1. The molecule has 0 aromatic heterocycles. The number of para-hydroxylation sites is 1. The summed E-state index contributed by atoms with van der Waals surface area (Å²) in [5.74, 6) is -0.667. The van der Waals surface area contributed by atoms with Gasteiger partial charge in [0.2, 0.25) is 15.9 Å². The molecule has 0 aliphatic heterocycles. The first-order chi connectivity index (χ1) is 12.1. The van der Waals surface area contributed by atoms with Crippen molar-refractivity contribution in [1.29, 1.82) is 0 Å². The van der Waals surface area contributed by atoms with Gasteiger partial charge in [0.05, 0.1) is 22.3 Å². The number of likely N-dealkylation sites (N-methyl/N-ethyl adjacent to an activating group) is 1. The molecule has 1 N–H and O–H groups in total. The molecule has 0 bridgehead atoms. The van der Waals surface area contributed by atoms with E-state index in [1.807, 2.05) is 32.0 Å². The van der Waals surface area contributed by atoms with Crippen molar-refractivity contribution < 1.29 is 13.2 Å². The van der Waals surface area contributed by atoms with Crippen molar-refractivity contribution in [2.75, 3.05) is 18.9 Å². The van der Waals surface area contributed by atoms with Gasteiger partial charge in [0.15, 0.2) is 0 Å². The fourth-order valence-electron chi connectivity index (χ4n) is 2.44. The number of amides is 1. The zero-order chi connectivity index (χ0) is 19.5. The summed E-state index contributed by atoms with van der Waals surface area (Å²) in [4.78, 5) is 12.3. The van der Waals surface area contributed by atoms with Crippen molar-refractivity contribution in [2.24, 2.45) is 0 Å². The van der Waals surface area contributed by atoms with Gasteiger partial charge in [0.1, 0.15) is 0 Å². The van der Waals surface area contributed by atoms with Crippen molar-refractivity contribution in [1.82, 2.24) is 4.31 Å². The topological polar surface area (TPSA) is 66.5 Å². The van der Waals surface area contributed by atoms with E-state index in [-0.39, 0.29) is 17.3 Å². The molecule has 5 nitrogen and oxygen atoms in total. The number of sulfonamides is 1. The van der Waals surface area contributed by atoms with E-state index in [1.54, 1.807) is 12.1 Å². The first kappa shape index (κ1) is 20.7. The predicted octanol–water partition coefficient (Wildman–Crippen LogP) is 4.01. The molecular weight excluding hydrogens is 395 g/mol. The Hall–Kier alpha value is -1.60. The summed E-state index contributed by atoms with van der Waals surface area (Å²) >= 11 is 11.8. The van der Waals surface area contributed by atoms with E-state index < -0.39 is 15.9 Å². The predicted molar refractivity (Wildman–Crippen MR) is 106 cm³/mol. The lowest BCUT2D eigenvalue weighted by atomic mass is 10.1. The number of carbonyl (C=O) groups is 1. The maximum atomic E-state index is 12.5. The van der Waals surface area contributed by atoms with E-state index in [0.717, 1.165) is 15.4 Å². The quantitative estimate of drug-likeness (QED) is 0.775. The van der Waals surface area contributed by atoms with Crippen molar-refractivity contribution in [3.05, 3.63) is 63.1 Å². The number of hydrogen-bond acceptors (Lipinski definition) is 3. The molecule has 0 radical (unpaired) electrons. The molecule has 2 aromatic carbocycles. The third-order valence-electron chi connectivity index (χ3n) is 3.92. The molecule has 140 valence electrons. The van der Waals surface area contributed by atoms with Crippen LogP contribution in [0, 0.1) is 13.8 Å². The van der Waals surface area contributed by atoms with Gasteiger partial charge in [-0.05, 0) is 42.7 Å². The van der Waals surface area contributed by atoms with Crippen LogP contribution in [0.3, 0.4) is 0 Å². The third-order valence-corrected chi connectivity index (χ3v) is 6.44. The average Bonchev–Trinajstić information content (AvgIpc) is 2.54. The Morgan fingerprint density at radius 3 is 2.27 bits per heavy atom. The maximum Gasteiger partial charge on any atom is 0.239 e. The SMILES string of the molecule is Cc1cccc(C)c1NC(=O)CN(C)S(=O)(=O)Cc1ccc(Cl)c(Cl)c1. The minimum atomic E-state index is -3.68. The van der Waals surface area contributed by atoms with E-state index in [4.69, 9.17) is 23.2 Å². The minimum absolute atomic E-state index is 0.267. The van der Waals surface area contributed by atoms with Gasteiger partial charge in [-0.3, -0.25) is 4.79 Å². The Balaban J connectivity index is 2.06. The van der Waals surface area contributed by atoms with Gasteiger partial charge in [-0.2, -0.15) is 4.31 Å². The number of rotatable bonds is 6. The molecule has 1 amide bonds. The number of halogens is 2. The molecule has 0 spiro atoms. The largest absolute Gasteiger partial charge is 0.324 e. The summed E-state index contributed by atoms with van der Waals surface area (Å²) in [5.41, 5.74) is 3.04. The number of nitrogens with zero attached hydrogens (tertiary/aromatic N) is 1. The highest BCUT2D eigenvalue weighted by Crippen LogP contribution is 2.24. The van der Waals surface area contributed by atoms with Crippen LogP contribution >= 0.6 is 23.2 Å². The van der Waals surface area contributed by atoms with Crippen molar-refractivity contribution in [3.63, 3.8) is 0 Å². The summed E-state index contributed by atoms with van der Waals surface area (Å²) in [5, 5.41) is 3.42. The average molecular weight is 415 g/mol. The minimum Gasteiger partial charge on any atom is -0.324 e. The van der Waals surface area contributed by atoms with Crippen molar-refractivity contribution >= 4 is 44.8 Å². The Kier molecular flexibility index (Phi) is 6.69. The first-order valence-electron chi connectivity index (χ1n) is 7.84. The summed E-state index contributed by atoms with van der Waals surface area (Å²) in [6.45, 7) is 3.48. The van der Waals surface area contributed by atoms with Crippen LogP contribution in [0.2, 0.25) is 10.0 Å². The molecule has 0 saturated carbocycles. The molecule has 26 heavy (non-hydrogen) atoms. The van der Waals surface area contributed by atoms with Gasteiger partial charge in [-0.15, -0.1) is 0 Å². The van der Waals surface area contributed by atoms with Gasteiger partial charge in [-0.25, -0.2) is 8.42 Å². The molecule has 0 atom stereocenters. The van der Waals surface area contributed by atoms with Gasteiger partial charge in [0.25, 0.3) is 0 Å². The molecule has 2 rings (SSSR count). The molecule has 0 aliphatic rings. The van der Waals surface area contributed by atoms with Crippen LogP contribution in [0.4, 0.5) is 5.69 Å². The number of hydrogen-bond donors (Lipinski definition) is 1. The van der Waals surface area contributed by atoms with Crippen LogP contribution < -0.4 is 5.32 Å². The van der Waals surface area contributed by atoms with Gasteiger partial charge in [0, 0.05) is 12.7 Å². The van der Waals surface area contributed by atoms with Crippen LogP contribution in [-0.4, -0.2) is 32.2 Å². The summed E-state index contributed by atoms with van der Waals surface area (Å²) in [7, 11) is -2.31. The Bertz CT molecular complexity index is 910. The standard InChI is InChI=1S/C18H20Cl2N2O3S/c1-12-5-4-6-13(2)18(12)21-17(23)10-22(3)26(24,25)11-14-7-8-15(19)16(20)9-14/h4-9H,10-11H2,1-3H3,(H,21,23). The molecule has 0 unspecified atom stereocenters.